The van der Waals surface area contributed by atoms with Gasteiger partial charge in [-0.25, -0.2) is 9.48 Å². The highest BCUT2D eigenvalue weighted by atomic mass is 16.5. The molecule has 0 aliphatic carbocycles. The van der Waals surface area contributed by atoms with Gasteiger partial charge in [0.25, 0.3) is 0 Å². The predicted molar refractivity (Wildman–Crippen MR) is 59.8 cm³/mol. The lowest BCUT2D eigenvalue weighted by Crippen LogP contribution is -2.15. The van der Waals surface area contributed by atoms with E-state index in [1.54, 1.807) is 0 Å². The lowest BCUT2D eigenvalue weighted by Gasteiger charge is -2.11. The van der Waals surface area contributed by atoms with Crippen LogP contribution in [0.25, 0.3) is 0 Å². The molecule has 1 fully saturated rings. The molecule has 1 unspecified atom stereocenters. The topological polar surface area (TPSA) is 66.2 Å². The summed E-state index contributed by atoms with van der Waals surface area (Å²) in [6, 6.07) is 0.197. The second-order valence-corrected chi connectivity index (χ2v) is 4.09. The molecule has 1 atom stereocenters. The maximum Gasteiger partial charge on any atom is 0.360 e. The van der Waals surface area contributed by atoms with Crippen LogP contribution in [0.2, 0.25) is 0 Å². The fourth-order valence-electron chi connectivity index (χ4n) is 2.05. The Morgan fingerprint density at radius 2 is 2.47 bits per heavy atom. The molecule has 0 radical (unpaired) electrons. The van der Waals surface area contributed by atoms with Crippen LogP contribution in [-0.4, -0.2) is 41.3 Å². The quantitative estimate of drug-likeness (QED) is 0.733. The third-order valence-corrected chi connectivity index (χ3v) is 2.91. The standard InChI is InChI=1S/C11H17N3O3/c1-3-4-9-10(11(15)16-2)12-13-14(9)8-5-6-17-7-8/h8H,3-7H2,1-2H3. The van der Waals surface area contributed by atoms with Gasteiger partial charge in [0, 0.05) is 6.61 Å². The minimum Gasteiger partial charge on any atom is -0.464 e. The molecule has 0 bridgehead atoms. The van der Waals surface area contributed by atoms with Crippen LogP contribution in [0.15, 0.2) is 0 Å². The normalized spacial score (nSPS) is 19.5. The van der Waals surface area contributed by atoms with Gasteiger partial charge in [-0.1, -0.05) is 18.6 Å². The van der Waals surface area contributed by atoms with Gasteiger partial charge in [0.15, 0.2) is 5.69 Å². The number of aromatic nitrogens is 3. The molecule has 1 aliphatic heterocycles. The number of esters is 1. The zero-order valence-corrected chi connectivity index (χ0v) is 10.2. The molecule has 0 saturated carbocycles. The summed E-state index contributed by atoms with van der Waals surface area (Å²) in [5.74, 6) is -0.418. The largest absolute Gasteiger partial charge is 0.464 e. The van der Waals surface area contributed by atoms with Crippen molar-refractivity contribution in [2.24, 2.45) is 0 Å². The lowest BCUT2D eigenvalue weighted by molar-refractivity contribution is 0.0592. The summed E-state index contributed by atoms with van der Waals surface area (Å²) in [6.07, 6.45) is 2.62. The van der Waals surface area contributed by atoms with Crippen molar-refractivity contribution in [1.29, 1.82) is 0 Å². The highest BCUT2D eigenvalue weighted by molar-refractivity contribution is 5.88. The minimum absolute atomic E-state index is 0.197. The van der Waals surface area contributed by atoms with Gasteiger partial charge in [-0.3, -0.25) is 0 Å². The van der Waals surface area contributed by atoms with Crippen molar-refractivity contribution in [1.82, 2.24) is 15.0 Å². The molecule has 0 spiro atoms. The van der Waals surface area contributed by atoms with Crippen LogP contribution in [0.5, 0.6) is 0 Å². The first-order valence-electron chi connectivity index (χ1n) is 5.88. The second kappa shape index (κ2) is 5.27. The Kier molecular flexibility index (Phi) is 3.73. The molecular weight excluding hydrogens is 222 g/mol. The van der Waals surface area contributed by atoms with Gasteiger partial charge in [0.2, 0.25) is 0 Å². The number of hydrogen-bond donors (Lipinski definition) is 0. The molecule has 17 heavy (non-hydrogen) atoms. The van der Waals surface area contributed by atoms with Gasteiger partial charge >= 0.3 is 5.97 Å². The van der Waals surface area contributed by atoms with Crippen LogP contribution in [0.3, 0.4) is 0 Å². The molecule has 0 aromatic carbocycles. The third kappa shape index (κ3) is 2.31. The first-order valence-corrected chi connectivity index (χ1v) is 5.88. The molecule has 2 rings (SSSR count). The van der Waals surface area contributed by atoms with E-state index < -0.39 is 5.97 Å². The highest BCUT2D eigenvalue weighted by Crippen LogP contribution is 2.22. The number of ether oxygens (including phenoxy) is 2. The van der Waals surface area contributed by atoms with Crippen molar-refractivity contribution in [2.75, 3.05) is 20.3 Å². The molecule has 1 aromatic rings. The lowest BCUT2D eigenvalue weighted by atomic mass is 10.2. The number of carbonyl (C=O) groups is 1. The first kappa shape index (κ1) is 12.0. The van der Waals surface area contributed by atoms with Gasteiger partial charge in [0.05, 0.1) is 25.5 Å². The molecule has 94 valence electrons. The number of carbonyl (C=O) groups excluding carboxylic acids is 1. The predicted octanol–water partition coefficient (Wildman–Crippen LogP) is 0.979. The van der Waals surface area contributed by atoms with Crippen LogP contribution < -0.4 is 0 Å². The van der Waals surface area contributed by atoms with Gasteiger partial charge in [0.1, 0.15) is 0 Å². The monoisotopic (exact) mass is 239 g/mol. The fraction of sp³-hybridized carbons (Fsp3) is 0.727. The maximum absolute atomic E-state index is 11.6. The Morgan fingerprint density at radius 1 is 1.65 bits per heavy atom. The van der Waals surface area contributed by atoms with Gasteiger partial charge in [-0.15, -0.1) is 5.10 Å². The van der Waals surface area contributed by atoms with E-state index in [0.717, 1.165) is 31.6 Å². The summed E-state index contributed by atoms with van der Waals surface area (Å²) in [5, 5.41) is 8.00. The van der Waals surface area contributed by atoms with Crippen molar-refractivity contribution < 1.29 is 14.3 Å². The van der Waals surface area contributed by atoms with Crippen LogP contribution in [0, 0.1) is 0 Å². The minimum atomic E-state index is -0.418. The summed E-state index contributed by atoms with van der Waals surface area (Å²) in [7, 11) is 1.36. The van der Waals surface area contributed by atoms with E-state index in [9.17, 15) is 4.79 Å². The summed E-state index contributed by atoms with van der Waals surface area (Å²) >= 11 is 0. The Hall–Kier alpha value is -1.43. The molecular formula is C11H17N3O3. The Bertz CT molecular complexity index is 397. The third-order valence-electron chi connectivity index (χ3n) is 2.91. The fourth-order valence-corrected chi connectivity index (χ4v) is 2.05. The number of nitrogens with zero attached hydrogens (tertiary/aromatic N) is 3. The molecule has 6 heteroatoms. The van der Waals surface area contributed by atoms with Crippen molar-refractivity contribution >= 4 is 5.97 Å². The molecule has 2 heterocycles. The van der Waals surface area contributed by atoms with E-state index in [1.807, 2.05) is 4.68 Å². The van der Waals surface area contributed by atoms with Crippen molar-refractivity contribution in [3.63, 3.8) is 0 Å². The van der Waals surface area contributed by atoms with Gasteiger partial charge < -0.3 is 9.47 Å². The van der Waals surface area contributed by atoms with E-state index in [4.69, 9.17) is 9.47 Å². The molecule has 0 amide bonds. The summed E-state index contributed by atoms with van der Waals surface area (Å²) in [6.45, 7) is 3.44. The van der Waals surface area contributed by atoms with Gasteiger partial charge in [-0.2, -0.15) is 0 Å². The average molecular weight is 239 g/mol. The summed E-state index contributed by atoms with van der Waals surface area (Å²) < 4.78 is 11.9. The number of methoxy groups -OCH3 is 1. The van der Waals surface area contributed by atoms with Crippen molar-refractivity contribution in [3.05, 3.63) is 11.4 Å². The Balaban J connectivity index is 2.31. The zero-order chi connectivity index (χ0) is 12.3. The molecule has 1 aromatic heterocycles. The van der Waals surface area contributed by atoms with Crippen LogP contribution in [0.1, 0.15) is 42.0 Å². The van der Waals surface area contributed by atoms with E-state index >= 15 is 0 Å². The summed E-state index contributed by atoms with van der Waals surface area (Å²) in [4.78, 5) is 11.6. The SMILES string of the molecule is CCCc1c(C(=O)OC)nnn1C1CCOC1. The molecule has 6 nitrogen and oxygen atoms in total. The van der Waals surface area contributed by atoms with E-state index in [2.05, 4.69) is 17.2 Å². The zero-order valence-electron chi connectivity index (χ0n) is 10.2. The van der Waals surface area contributed by atoms with E-state index in [-0.39, 0.29) is 6.04 Å². The first-order chi connectivity index (χ1) is 8.27. The van der Waals surface area contributed by atoms with Gasteiger partial charge in [-0.05, 0) is 12.8 Å². The smallest absolute Gasteiger partial charge is 0.360 e. The molecule has 1 aliphatic rings. The summed E-state index contributed by atoms with van der Waals surface area (Å²) in [5.41, 5.74) is 1.19. The molecule has 1 saturated heterocycles. The number of rotatable bonds is 4. The van der Waals surface area contributed by atoms with E-state index in [0.29, 0.717) is 12.3 Å². The van der Waals surface area contributed by atoms with Crippen LogP contribution >= 0.6 is 0 Å². The van der Waals surface area contributed by atoms with Crippen molar-refractivity contribution in [3.8, 4) is 0 Å². The van der Waals surface area contributed by atoms with Crippen LogP contribution in [0.4, 0.5) is 0 Å². The van der Waals surface area contributed by atoms with E-state index in [1.165, 1.54) is 7.11 Å². The highest BCUT2D eigenvalue weighted by Gasteiger charge is 2.26. The van der Waals surface area contributed by atoms with Crippen molar-refractivity contribution in [2.45, 2.75) is 32.2 Å². The average Bonchev–Trinajstić information content (AvgIpc) is 2.96. The van der Waals surface area contributed by atoms with Crippen LogP contribution in [-0.2, 0) is 15.9 Å². The number of hydrogen-bond acceptors (Lipinski definition) is 5. The second-order valence-electron chi connectivity index (χ2n) is 4.09. The maximum atomic E-state index is 11.6. The molecule has 0 N–H and O–H groups in total. The Morgan fingerprint density at radius 3 is 3.06 bits per heavy atom. The Labute approximate surface area is 99.9 Å².